The second kappa shape index (κ2) is 41.1. The molecule has 0 aromatic heterocycles. The lowest BCUT2D eigenvalue weighted by Crippen LogP contribution is -2.10. The predicted molar refractivity (Wildman–Crippen MR) is 258 cm³/mol. The molecule has 0 saturated carbocycles. The summed E-state index contributed by atoms with van der Waals surface area (Å²) in [6.07, 6.45) is 70.1. The molecule has 0 atom stereocenters. The van der Waals surface area contributed by atoms with Crippen LogP contribution in [0.25, 0.3) is 0 Å². The minimum Gasteiger partial charge on any atom is -0.0885 e. The lowest BCUT2D eigenvalue weighted by Gasteiger charge is -2.23. The fourth-order valence-corrected chi connectivity index (χ4v) is 8.11. The van der Waals surface area contributed by atoms with Crippen LogP contribution >= 0.6 is 0 Å². The molecule has 56 heavy (non-hydrogen) atoms. The Morgan fingerprint density at radius 2 is 0.482 bits per heavy atom. The maximum atomic E-state index is 2.71. The van der Waals surface area contributed by atoms with Gasteiger partial charge in [0.05, 0.1) is 0 Å². The molecular weight excluding hydrogens is 673 g/mol. The third-order valence-corrected chi connectivity index (χ3v) is 11.7. The van der Waals surface area contributed by atoms with Crippen LogP contribution in [0.4, 0.5) is 0 Å². The molecule has 0 aliphatic rings. The largest absolute Gasteiger partial charge is 0.0885 e. The third kappa shape index (κ3) is 29.2. The van der Waals surface area contributed by atoms with Gasteiger partial charge in [0.1, 0.15) is 0 Å². The highest BCUT2D eigenvalue weighted by molar-refractivity contribution is 5.48. The Morgan fingerprint density at radius 1 is 0.250 bits per heavy atom. The van der Waals surface area contributed by atoms with E-state index in [1.807, 2.05) is 0 Å². The number of allylic oxidation sites excluding steroid dienone is 10. The number of benzene rings is 1. The van der Waals surface area contributed by atoms with Crippen LogP contribution < -0.4 is 0 Å². The van der Waals surface area contributed by atoms with Gasteiger partial charge in [0.25, 0.3) is 0 Å². The van der Waals surface area contributed by atoms with Gasteiger partial charge in [0, 0.05) is 0 Å². The first kappa shape index (κ1) is 51.9. The summed E-state index contributed by atoms with van der Waals surface area (Å²) in [5.41, 5.74) is 8.46. The summed E-state index contributed by atoms with van der Waals surface area (Å²) in [7, 11) is 0. The smallest absolute Gasteiger partial charge is 0.0238 e. The first-order chi connectivity index (χ1) is 27.7. The van der Waals surface area contributed by atoms with Crippen molar-refractivity contribution in [2.45, 2.75) is 259 Å². The molecule has 320 valence electrons. The summed E-state index contributed by atoms with van der Waals surface area (Å²) in [6, 6.07) is 2.71. The summed E-state index contributed by atoms with van der Waals surface area (Å²) < 4.78 is 0. The van der Waals surface area contributed by atoms with Crippen molar-refractivity contribution in [3.8, 4) is 0 Å². The number of unbranched alkanes of at least 4 members (excludes halogenated alkanes) is 20. The van der Waals surface area contributed by atoms with Crippen LogP contribution in [0.2, 0.25) is 0 Å². The SMILES string of the molecule is CCCCCC/C=C/CCc1cc(CC/C=C/CCCCCC)c(CC/C=C/CCCCCC)c(CC/C=C/CCCCCC)c1CC/C=C/CCCCCC. The number of aryl methyl sites for hydroxylation is 2. The van der Waals surface area contributed by atoms with E-state index in [4.69, 9.17) is 0 Å². The normalized spacial score (nSPS) is 12.4. The Kier molecular flexibility index (Phi) is 38.1. The maximum Gasteiger partial charge on any atom is -0.0238 e. The third-order valence-electron chi connectivity index (χ3n) is 11.7. The molecule has 1 aromatic carbocycles. The predicted octanol–water partition coefficient (Wildman–Crippen LogP) is 19.0. The van der Waals surface area contributed by atoms with Gasteiger partial charge in [0.2, 0.25) is 0 Å². The van der Waals surface area contributed by atoms with E-state index < -0.39 is 0 Å². The Balaban J connectivity index is 3.47. The van der Waals surface area contributed by atoms with Crippen LogP contribution in [-0.2, 0) is 32.1 Å². The lowest BCUT2D eigenvalue weighted by atomic mass is 9.82. The van der Waals surface area contributed by atoms with E-state index in [1.54, 1.807) is 27.8 Å². The molecule has 0 fully saturated rings. The Morgan fingerprint density at radius 3 is 0.750 bits per heavy atom. The first-order valence-electron chi connectivity index (χ1n) is 25.1. The van der Waals surface area contributed by atoms with Gasteiger partial charge in [-0.25, -0.2) is 0 Å². The first-order valence-corrected chi connectivity index (χ1v) is 25.1. The van der Waals surface area contributed by atoms with Gasteiger partial charge >= 0.3 is 0 Å². The van der Waals surface area contributed by atoms with Crippen molar-refractivity contribution >= 4 is 0 Å². The fraction of sp³-hybridized carbons (Fsp3) is 0.714. The molecule has 0 aliphatic carbocycles. The standard InChI is InChI=1S/C56H96/c1-6-11-16-21-26-31-36-41-46-52-51-53(47-42-37-32-27-22-17-12-7-2)55(49-44-39-34-29-24-19-14-9-4)56(50-45-40-35-30-25-20-15-10-5)54(52)48-43-38-33-28-23-18-13-8-3/h31-40,51H,6-30,41-50H2,1-5H3/b36-31+,37-32+,38-33+,39-34+,40-35+. The minimum absolute atomic E-state index is 1.17. The molecule has 0 N–H and O–H groups in total. The van der Waals surface area contributed by atoms with E-state index in [9.17, 15) is 0 Å². The topological polar surface area (TPSA) is 0 Å². The van der Waals surface area contributed by atoms with Crippen molar-refractivity contribution in [1.82, 2.24) is 0 Å². The molecule has 0 radical (unpaired) electrons. The zero-order valence-corrected chi connectivity index (χ0v) is 38.6. The number of hydrogen-bond donors (Lipinski definition) is 0. The summed E-state index contributed by atoms with van der Waals surface area (Å²) in [5.74, 6) is 0. The van der Waals surface area contributed by atoms with Gasteiger partial charge in [-0.1, -0.05) is 198 Å². The van der Waals surface area contributed by atoms with Crippen LogP contribution in [0.5, 0.6) is 0 Å². The van der Waals surface area contributed by atoms with Crippen molar-refractivity contribution in [2.75, 3.05) is 0 Å². The highest BCUT2D eigenvalue weighted by atomic mass is 14.2. The highest BCUT2D eigenvalue weighted by Crippen LogP contribution is 2.31. The van der Waals surface area contributed by atoms with Crippen LogP contribution in [0.3, 0.4) is 0 Å². The van der Waals surface area contributed by atoms with Crippen LogP contribution in [0, 0.1) is 0 Å². The van der Waals surface area contributed by atoms with Gasteiger partial charge in [-0.15, -0.1) is 0 Å². The van der Waals surface area contributed by atoms with E-state index in [-0.39, 0.29) is 0 Å². The summed E-state index contributed by atoms with van der Waals surface area (Å²) in [5, 5.41) is 0. The summed E-state index contributed by atoms with van der Waals surface area (Å²) in [4.78, 5) is 0. The van der Waals surface area contributed by atoms with Crippen molar-refractivity contribution in [3.63, 3.8) is 0 Å². The zero-order chi connectivity index (χ0) is 40.4. The van der Waals surface area contributed by atoms with Gasteiger partial charge < -0.3 is 0 Å². The van der Waals surface area contributed by atoms with Crippen molar-refractivity contribution in [2.24, 2.45) is 0 Å². The second-order valence-corrected chi connectivity index (χ2v) is 16.9. The molecule has 0 unspecified atom stereocenters. The monoisotopic (exact) mass is 769 g/mol. The van der Waals surface area contributed by atoms with Gasteiger partial charge in [-0.05, 0) is 156 Å². The van der Waals surface area contributed by atoms with E-state index in [0.717, 1.165) is 0 Å². The van der Waals surface area contributed by atoms with E-state index >= 15 is 0 Å². The second-order valence-electron chi connectivity index (χ2n) is 16.9. The number of rotatable bonds is 40. The van der Waals surface area contributed by atoms with Crippen LogP contribution in [-0.4, -0.2) is 0 Å². The molecule has 1 rings (SSSR count). The highest BCUT2D eigenvalue weighted by Gasteiger charge is 2.17. The summed E-state index contributed by atoms with van der Waals surface area (Å²) in [6.45, 7) is 11.6. The lowest BCUT2D eigenvalue weighted by molar-refractivity contribution is 0.673. The fourth-order valence-electron chi connectivity index (χ4n) is 8.11. The molecular formula is C56H96. The molecule has 0 heteroatoms. The molecule has 0 bridgehead atoms. The van der Waals surface area contributed by atoms with E-state index in [1.165, 1.54) is 225 Å². The van der Waals surface area contributed by atoms with Crippen LogP contribution in [0.1, 0.15) is 255 Å². The molecule has 0 amide bonds. The van der Waals surface area contributed by atoms with Crippen molar-refractivity contribution in [1.29, 1.82) is 0 Å². The molecule has 0 saturated heterocycles. The Labute approximate surface area is 352 Å². The molecule has 0 aliphatic heterocycles. The minimum atomic E-state index is 1.17. The zero-order valence-electron chi connectivity index (χ0n) is 38.6. The molecule has 0 nitrogen and oxygen atoms in total. The Bertz CT molecular complexity index is 1060. The van der Waals surface area contributed by atoms with Crippen LogP contribution in [0.15, 0.2) is 66.8 Å². The quantitative estimate of drug-likeness (QED) is 0.0461. The summed E-state index contributed by atoms with van der Waals surface area (Å²) >= 11 is 0. The Hall–Kier alpha value is -2.08. The average Bonchev–Trinajstić information content (AvgIpc) is 3.21. The van der Waals surface area contributed by atoms with Crippen molar-refractivity contribution < 1.29 is 0 Å². The average molecular weight is 769 g/mol. The van der Waals surface area contributed by atoms with Crippen molar-refractivity contribution in [3.05, 3.63) is 94.6 Å². The number of hydrogen-bond acceptors (Lipinski definition) is 0. The molecule has 0 spiro atoms. The van der Waals surface area contributed by atoms with E-state index in [2.05, 4.69) is 101 Å². The molecule has 1 aromatic rings. The van der Waals surface area contributed by atoms with Gasteiger partial charge in [-0.2, -0.15) is 0 Å². The maximum absolute atomic E-state index is 2.71. The van der Waals surface area contributed by atoms with Gasteiger partial charge in [0.15, 0.2) is 0 Å². The van der Waals surface area contributed by atoms with E-state index in [0.29, 0.717) is 0 Å². The van der Waals surface area contributed by atoms with Gasteiger partial charge in [-0.3, -0.25) is 0 Å². The molecule has 0 heterocycles.